The number of alkyl carbamates (subject to hydrolysis) is 1. The number of esters is 1. The molecule has 3 N–H and O–H groups in total. The van der Waals surface area contributed by atoms with E-state index >= 15 is 0 Å². The lowest BCUT2D eigenvalue weighted by molar-refractivity contribution is -0.159. The largest absolute Gasteiger partial charge is 0.508 e. The van der Waals surface area contributed by atoms with Crippen molar-refractivity contribution in [1.82, 2.24) is 15.5 Å². The Morgan fingerprint density at radius 2 is 1.35 bits per heavy atom. The maximum atomic E-state index is 14.9. The molecule has 276 valence electrons. The first-order valence-corrected chi connectivity index (χ1v) is 17.6. The Morgan fingerprint density at radius 3 is 1.92 bits per heavy atom. The van der Waals surface area contributed by atoms with Crippen LogP contribution < -0.4 is 10.6 Å². The lowest BCUT2D eigenvalue weighted by Crippen LogP contribution is -2.55. The lowest BCUT2D eigenvalue weighted by atomic mass is 9.95. The van der Waals surface area contributed by atoms with E-state index in [1.165, 1.54) is 17.0 Å². The summed E-state index contributed by atoms with van der Waals surface area (Å²) in [4.78, 5) is 57.9. The molecular formula is C41H55N3O7. The molecule has 0 bridgehead atoms. The SMILES string of the molecule is CCCCN(C(=O)C(Cc1ccc(O)cc1)NC(=O)OC(C)(C)C)C(C(=O)NC(Cc1ccccc1)C(=O)OC(C)(C)C)c1ccc(C)cc1C. The molecule has 0 aliphatic rings. The number of ether oxygens (including phenoxy) is 2. The highest BCUT2D eigenvalue weighted by Crippen LogP contribution is 2.28. The highest BCUT2D eigenvalue weighted by molar-refractivity contribution is 5.94. The quantitative estimate of drug-likeness (QED) is 0.156. The number of hydrogen-bond acceptors (Lipinski definition) is 7. The first-order valence-electron chi connectivity index (χ1n) is 17.6. The minimum Gasteiger partial charge on any atom is -0.508 e. The van der Waals surface area contributed by atoms with E-state index < -0.39 is 53.2 Å². The predicted molar refractivity (Wildman–Crippen MR) is 198 cm³/mol. The van der Waals surface area contributed by atoms with Gasteiger partial charge in [-0.05, 0) is 96.2 Å². The number of nitrogens with zero attached hydrogens (tertiary/aromatic N) is 1. The van der Waals surface area contributed by atoms with Crippen LogP contribution in [0.25, 0.3) is 0 Å². The second kappa shape index (κ2) is 17.9. The Hall–Kier alpha value is -4.86. The number of carbonyl (C=O) groups is 4. The third-order valence-electron chi connectivity index (χ3n) is 7.97. The van der Waals surface area contributed by atoms with Gasteiger partial charge in [-0.3, -0.25) is 9.59 Å². The zero-order valence-electron chi connectivity index (χ0n) is 31.5. The molecule has 3 rings (SSSR count). The number of aryl methyl sites for hydroxylation is 2. The molecule has 0 saturated carbocycles. The first-order chi connectivity index (χ1) is 23.9. The molecule has 3 aromatic rings. The van der Waals surface area contributed by atoms with Crippen molar-refractivity contribution < 1.29 is 33.8 Å². The smallest absolute Gasteiger partial charge is 0.408 e. The molecule has 51 heavy (non-hydrogen) atoms. The van der Waals surface area contributed by atoms with E-state index in [0.29, 0.717) is 17.5 Å². The van der Waals surface area contributed by atoms with Crippen LogP contribution in [0.5, 0.6) is 5.75 Å². The summed E-state index contributed by atoms with van der Waals surface area (Å²) in [6.07, 6.45) is 0.750. The summed E-state index contributed by atoms with van der Waals surface area (Å²) < 4.78 is 11.3. The Morgan fingerprint density at radius 1 is 0.765 bits per heavy atom. The van der Waals surface area contributed by atoms with Gasteiger partial charge < -0.3 is 30.1 Å². The van der Waals surface area contributed by atoms with Crippen LogP contribution >= 0.6 is 0 Å². The van der Waals surface area contributed by atoms with E-state index in [0.717, 1.165) is 23.1 Å². The van der Waals surface area contributed by atoms with Gasteiger partial charge in [-0.1, -0.05) is 79.6 Å². The Kier molecular flexibility index (Phi) is 14.2. The molecule has 0 aliphatic carbocycles. The molecule has 3 amide bonds. The number of carbonyl (C=O) groups excluding carboxylic acids is 4. The minimum absolute atomic E-state index is 0.0629. The highest BCUT2D eigenvalue weighted by Gasteiger charge is 2.39. The van der Waals surface area contributed by atoms with E-state index in [1.807, 2.05) is 69.3 Å². The molecule has 0 aromatic heterocycles. The van der Waals surface area contributed by atoms with E-state index in [9.17, 15) is 24.3 Å². The van der Waals surface area contributed by atoms with E-state index in [2.05, 4.69) is 10.6 Å². The predicted octanol–water partition coefficient (Wildman–Crippen LogP) is 6.88. The van der Waals surface area contributed by atoms with Crippen molar-refractivity contribution in [2.45, 2.75) is 117 Å². The fourth-order valence-electron chi connectivity index (χ4n) is 5.66. The van der Waals surface area contributed by atoms with Gasteiger partial charge in [-0.15, -0.1) is 0 Å². The van der Waals surface area contributed by atoms with Crippen LogP contribution in [0.15, 0.2) is 72.8 Å². The number of rotatable bonds is 14. The van der Waals surface area contributed by atoms with Crippen LogP contribution in [0.1, 0.15) is 95.2 Å². The normalized spacial score (nSPS) is 13.4. The van der Waals surface area contributed by atoms with Crippen LogP contribution in [0.2, 0.25) is 0 Å². The maximum absolute atomic E-state index is 14.9. The summed E-state index contributed by atoms with van der Waals surface area (Å²) >= 11 is 0. The molecule has 0 fully saturated rings. The number of amides is 3. The van der Waals surface area contributed by atoms with Gasteiger partial charge in [-0.25, -0.2) is 9.59 Å². The van der Waals surface area contributed by atoms with Crippen LogP contribution in [0.4, 0.5) is 4.79 Å². The second-order valence-electron chi connectivity index (χ2n) is 15.0. The van der Waals surface area contributed by atoms with Gasteiger partial charge in [0.25, 0.3) is 0 Å². The van der Waals surface area contributed by atoms with Crippen LogP contribution in [-0.4, -0.2) is 63.7 Å². The zero-order valence-corrected chi connectivity index (χ0v) is 31.5. The van der Waals surface area contributed by atoms with Crippen molar-refractivity contribution >= 4 is 23.9 Å². The topological polar surface area (TPSA) is 134 Å². The molecule has 10 nitrogen and oxygen atoms in total. The number of phenolic OH excluding ortho intramolecular Hbond substituents is 1. The van der Waals surface area contributed by atoms with Gasteiger partial charge in [0.05, 0.1) is 0 Å². The Balaban J connectivity index is 2.14. The van der Waals surface area contributed by atoms with Crippen LogP contribution in [0, 0.1) is 13.8 Å². The molecule has 0 radical (unpaired) electrons. The highest BCUT2D eigenvalue weighted by atomic mass is 16.6. The van der Waals surface area contributed by atoms with Gasteiger partial charge in [0.2, 0.25) is 11.8 Å². The Bertz CT molecular complexity index is 1630. The lowest BCUT2D eigenvalue weighted by Gasteiger charge is -2.36. The second-order valence-corrected chi connectivity index (χ2v) is 15.0. The third-order valence-corrected chi connectivity index (χ3v) is 7.97. The molecule has 3 atom stereocenters. The van der Waals surface area contributed by atoms with Gasteiger partial charge in [-0.2, -0.15) is 0 Å². The fourth-order valence-corrected chi connectivity index (χ4v) is 5.66. The van der Waals surface area contributed by atoms with Crippen molar-refractivity contribution in [3.05, 3.63) is 101 Å². The average Bonchev–Trinajstić information content (AvgIpc) is 3.02. The molecular weight excluding hydrogens is 646 g/mol. The summed E-state index contributed by atoms with van der Waals surface area (Å²) in [7, 11) is 0. The van der Waals surface area contributed by atoms with Crippen LogP contribution in [-0.2, 0) is 36.7 Å². The summed E-state index contributed by atoms with van der Waals surface area (Å²) in [6.45, 7) is 16.5. The van der Waals surface area contributed by atoms with Gasteiger partial charge >= 0.3 is 12.1 Å². The number of unbranched alkanes of at least 4 members (excludes halogenated alkanes) is 1. The fraction of sp³-hybridized carbons (Fsp3) is 0.463. The number of nitrogens with one attached hydrogen (secondary N) is 2. The standard InChI is InChI=1S/C41H55N3O7/c1-10-11-23-44(37(47)33(43-39(49)51-41(7,8)9)25-30-18-20-31(45)21-19-30)35(32-22-17-27(2)24-28(32)3)36(46)42-34(38(48)50-40(4,5)6)26-29-15-13-12-14-16-29/h12-22,24,33-35,45H,10-11,23,25-26H2,1-9H3,(H,42,46)(H,43,49). The van der Waals surface area contributed by atoms with E-state index in [-0.39, 0.29) is 25.1 Å². The van der Waals surface area contributed by atoms with Crippen molar-refractivity contribution in [3.63, 3.8) is 0 Å². The molecule has 0 saturated heterocycles. The molecule has 10 heteroatoms. The molecule has 0 spiro atoms. The van der Waals surface area contributed by atoms with Crippen LogP contribution in [0.3, 0.4) is 0 Å². The monoisotopic (exact) mass is 701 g/mol. The third kappa shape index (κ3) is 13.1. The van der Waals surface area contributed by atoms with Gasteiger partial charge in [0.15, 0.2) is 0 Å². The van der Waals surface area contributed by atoms with Crippen molar-refractivity contribution in [1.29, 1.82) is 0 Å². The van der Waals surface area contributed by atoms with Gasteiger partial charge in [0.1, 0.15) is 35.1 Å². The minimum atomic E-state index is -1.16. The van der Waals surface area contributed by atoms with E-state index in [1.54, 1.807) is 53.7 Å². The summed E-state index contributed by atoms with van der Waals surface area (Å²) in [5, 5.41) is 15.6. The van der Waals surface area contributed by atoms with Crippen molar-refractivity contribution in [2.75, 3.05) is 6.54 Å². The number of aromatic hydroxyl groups is 1. The summed E-state index contributed by atoms with van der Waals surface area (Å²) in [5.41, 5.74) is 2.23. The van der Waals surface area contributed by atoms with Gasteiger partial charge in [0, 0.05) is 19.4 Å². The Labute approximate surface area is 302 Å². The average molecular weight is 702 g/mol. The van der Waals surface area contributed by atoms with Crippen molar-refractivity contribution in [3.8, 4) is 5.75 Å². The maximum Gasteiger partial charge on any atom is 0.408 e. The first kappa shape index (κ1) is 40.6. The summed E-state index contributed by atoms with van der Waals surface area (Å²) in [5.74, 6) is -1.59. The molecule has 0 heterocycles. The number of benzene rings is 3. The zero-order chi connectivity index (χ0) is 37.9. The van der Waals surface area contributed by atoms with Crippen molar-refractivity contribution in [2.24, 2.45) is 0 Å². The molecule has 3 unspecified atom stereocenters. The molecule has 3 aromatic carbocycles. The summed E-state index contributed by atoms with van der Waals surface area (Å²) in [6, 6.07) is 18.0. The van der Waals surface area contributed by atoms with E-state index in [4.69, 9.17) is 9.47 Å². The number of phenols is 1. The molecule has 0 aliphatic heterocycles. The number of hydrogen-bond donors (Lipinski definition) is 3.